The SMILES string of the molecule is CC(C)(C)c1ccc(C(C)(C)C)c(OC(=O)c2ccccc2)c1OC(=O)c1ccccc1. The van der Waals surface area contributed by atoms with E-state index in [1.807, 2.05) is 65.8 Å². The van der Waals surface area contributed by atoms with Gasteiger partial charge in [0.25, 0.3) is 0 Å². The minimum Gasteiger partial charge on any atom is -0.419 e. The molecule has 3 aromatic rings. The molecule has 0 aliphatic rings. The molecule has 0 amide bonds. The van der Waals surface area contributed by atoms with Gasteiger partial charge in [0, 0.05) is 11.1 Å². The van der Waals surface area contributed by atoms with Crippen LogP contribution in [0.3, 0.4) is 0 Å². The van der Waals surface area contributed by atoms with Crippen molar-refractivity contribution in [2.45, 2.75) is 52.4 Å². The monoisotopic (exact) mass is 430 g/mol. The van der Waals surface area contributed by atoms with Crippen molar-refractivity contribution in [2.75, 3.05) is 0 Å². The molecule has 3 aromatic carbocycles. The lowest BCUT2D eigenvalue weighted by Crippen LogP contribution is -2.22. The van der Waals surface area contributed by atoms with Crippen molar-refractivity contribution in [3.63, 3.8) is 0 Å². The Bertz CT molecular complexity index is 1010. The van der Waals surface area contributed by atoms with E-state index in [0.29, 0.717) is 11.1 Å². The average molecular weight is 431 g/mol. The van der Waals surface area contributed by atoms with E-state index >= 15 is 0 Å². The lowest BCUT2D eigenvalue weighted by Gasteiger charge is -2.29. The third-order valence-electron chi connectivity index (χ3n) is 5.14. The zero-order valence-electron chi connectivity index (χ0n) is 19.6. The number of esters is 2. The first-order valence-electron chi connectivity index (χ1n) is 10.7. The zero-order valence-corrected chi connectivity index (χ0v) is 19.6. The van der Waals surface area contributed by atoms with Gasteiger partial charge < -0.3 is 9.47 Å². The molecule has 0 bridgehead atoms. The molecule has 0 aliphatic carbocycles. The number of hydrogen-bond donors (Lipinski definition) is 0. The molecule has 0 atom stereocenters. The Morgan fingerprint density at radius 2 is 0.844 bits per heavy atom. The molecule has 4 nitrogen and oxygen atoms in total. The summed E-state index contributed by atoms with van der Waals surface area (Å²) >= 11 is 0. The van der Waals surface area contributed by atoms with E-state index < -0.39 is 11.9 Å². The first-order chi connectivity index (χ1) is 15.0. The Labute approximate surface area is 190 Å². The topological polar surface area (TPSA) is 52.6 Å². The Kier molecular flexibility index (Phi) is 6.54. The molecule has 3 rings (SSSR count). The molecule has 0 N–H and O–H groups in total. The largest absolute Gasteiger partial charge is 0.419 e. The first kappa shape index (κ1) is 23.3. The highest BCUT2D eigenvalue weighted by Crippen LogP contribution is 2.45. The Morgan fingerprint density at radius 3 is 1.12 bits per heavy atom. The van der Waals surface area contributed by atoms with Gasteiger partial charge in [-0.25, -0.2) is 9.59 Å². The van der Waals surface area contributed by atoms with Gasteiger partial charge in [0.15, 0.2) is 11.5 Å². The van der Waals surface area contributed by atoms with Crippen LogP contribution in [0.1, 0.15) is 73.4 Å². The lowest BCUT2D eigenvalue weighted by molar-refractivity contribution is 0.0676. The number of hydrogen-bond acceptors (Lipinski definition) is 4. The minimum atomic E-state index is -0.501. The summed E-state index contributed by atoms with van der Waals surface area (Å²) in [7, 11) is 0. The summed E-state index contributed by atoms with van der Waals surface area (Å²) in [5.74, 6) is -0.440. The lowest BCUT2D eigenvalue weighted by atomic mass is 9.80. The van der Waals surface area contributed by atoms with Gasteiger partial charge in [-0.1, -0.05) is 90.1 Å². The van der Waals surface area contributed by atoms with E-state index in [0.717, 1.165) is 11.1 Å². The van der Waals surface area contributed by atoms with Crippen LogP contribution in [0.2, 0.25) is 0 Å². The van der Waals surface area contributed by atoms with Crippen molar-refractivity contribution >= 4 is 11.9 Å². The highest BCUT2D eigenvalue weighted by molar-refractivity contribution is 5.93. The zero-order chi connectivity index (χ0) is 23.5. The average Bonchev–Trinajstić information content (AvgIpc) is 2.74. The molecular weight excluding hydrogens is 400 g/mol. The highest BCUT2D eigenvalue weighted by atomic mass is 16.6. The molecule has 0 aromatic heterocycles. The predicted molar refractivity (Wildman–Crippen MR) is 127 cm³/mol. The third kappa shape index (κ3) is 5.25. The molecular formula is C28H30O4. The van der Waals surface area contributed by atoms with E-state index in [1.54, 1.807) is 48.5 Å². The van der Waals surface area contributed by atoms with Crippen LogP contribution in [0.15, 0.2) is 72.8 Å². The molecule has 0 radical (unpaired) electrons. The summed E-state index contributed by atoms with van der Waals surface area (Å²) in [5.41, 5.74) is 1.71. The fourth-order valence-corrected chi connectivity index (χ4v) is 3.40. The number of rotatable bonds is 4. The summed E-state index contributed by atoms with van der Waals surface area (Å²) < 4.78 is 11.9. The number of ether oxygens (including phenoxy) is 2. The van der Waals surface area contributed by atoms with Gasteiger partial charge in [-0.15, -0.1) is 0 Å². The van der Waals surface area contributed by atoms with Crippen molar-refractivity contribution < 1.29 is 19.1 Å². The second-order valence-electron chi connectivity index (χ2n) is 9.83. The van der Waals surface area contributed by atoms with Crippen molar-refractivity contribution in [1.82, 2.24) is 0 Å². The molecule has 166 valence electrons. The smallest absolute Gasteiger partial charge is 0.343 e. The fourth-order valence-electron chi connectivity index (χ4n) is 3.40. The number of benzene rings is 3. The van der Waals surface area contributed by atoms with E-state index in [9.17, 15) is 9.59 Å². The molecule has 0 saturated carbocycles. The van der Waals surface area contributed by atoms with Crippen LogP contribution in [-0.2, 0) is 10.8 Å². The molecule has 4 heteroatoms. The molecule has 0 heterocycles. The Hall–Kier alpha value is -3.40. The summed E-state index contributed by atoms with van der Waals surface area (Å²) in [5, 5.41) is 0. The molecule has 0 aliphatic heterocycles. The molecule has 0 fully saturated rings. The van der Waals surface area contributed by atoms with Crippen molar-refractivity contribution in [1.29, 1.82) is 0 Å². The summed E-state index contributed by atoms with van der Waals surface area (Å²) in [4.78, 5) is 26.0. The van der Waals surface area contributed by atoms with Gasteiger partial charge in [0.1, 0.15) is 0 Å². The van der Waals surface area contributed by atoms with Crippen LogP contribution >= 0.6 is 0 Å². The third-order valence-corrected chi connectivity index (χ3v) is 5.14. The normalized spacial score (nSPS) is 11.7. The predicted octanol–water partition coefficient (Wildman–Crippen LogP) is 6.72. The maximum atomic E-state index is 13.0. The summed E-state index contributed by atoms with van der Waals surface area (Å²) in [6.07, 6.45) is 0. The highest BCUT2D eigenvalue weighted by Gasteiger charge is 2.31. The number of carbonyl (C=O) groups is 2. The van der Waals surface area contributed by atoms with E-state index in [1.165, 1.54) is 0 Å². The minimum absolute atomic E-state index is 0.281. The van der Waals surface area contributed by atoms with E-state index in [4.69, 9.17) is 9.47 Å². The Balaban J connectivity index is 2.18. The summed E-state index contributed by atoms with van der Waals surface area (Å²) in [6, 6.07) is 21.5. The van der Waals surface area contributed by atoms with Gasteiger partial charge in [-0.3, -0.25) is 0 Å². The van der Waals surface area contributed by atoms with Crippen molar-refractivity contribution in [3.05, 3.63) is 95.1 Å². The standard InChI is InChI=1S/C28H30O4/c1-27(2,3)21-17-18-22(28(4,5)6)24(32-26(30)20-15-11-8-12-16-20)23(21)31-25(29)19-13-9-7-10-14-19/h7-18H,1-6H3. The maximum absolute atomic E-state index is 13.0. The second kappa shape index (κ2) is 8.99. The van der Waals surface area contributed by atoms with Crippen LogP contribution < -0.4 is 9.47 Å². The molecule has 0 unspecified atom stereocenters. The van der Waals surface area contributed by atoms with Gasteiger partial charge >= 0.3 is 11.9 Å². The van der Waals surface area contributed by atoms with Crippen LogP contribution in [0.4, 0.5) is 0 Å². The van der Waals surface area contributed by atoms with Crippen LogP contribution in [0.25, 0.3) is 0 Å². The maximum Gasteiger partial charge on any atom is 0.343 e. The van der Waals surface area contributed by atoms with Crippen molar-refractivity contribution in [3.8, 4) is 11.5 Å². The second-order valence-corrected chi connectivity index (χ2v) is 9.83. The van der Waals surface area contributed by atoms with Crippen LogP contribution in [0, 0.1) is 0 Å². The molecule has 0 spiro atoms. The van der Waals surface area contributed by atoms with E-state index in [2.05, 4.69) is 0 Å². The van der Waals surface area contributed by atoms with Crippen LogP contribution in [0.5, 0.6) is 11.5 Å². The van der Waals surface area contributed by atoms with Gasteiger partial charge in [-0.2, -0.15) is 0 Å². The quantitative estimate of drug-likeness (QED) is 0.340. The van der Waals surface area contributed by atoms with Crippen molar-refractivity contribution in [2.24, 2.45) is 0 Å². The molecule has 32 heavy (non-hydrogen) atoms. The fraction of sp³-hybridized carbons (Fsp3) is 0.286. The summed E-state index contributed by atoms with van der Waals surface area (Å²) in [6.45, 7) is 12.2. The van der Waals surface area contributed by atoms with Gasteiger partial charge in [0.2, 0.25) is 0 Å². The first-order valence-corrected chi connectivity index (χ1v) is 10.7. The Morgan fingerprint density at radius 1 is 0.531 bits per heavy atom. The van der Waals surface area contributed by atoms with E-state index in [-0.39, 0.29) is 22.3 Å². The molecule has 0 saturated heterocycles. The van der Waals surface area contributed by atoms with Crippen LogP contribution in [-0.4, -0.2) is 11.9 Å². The number of carbonyl (C=O) groups excluding carboxylic acids is 2. The van der Waals surface area contributed by atoms with Gasteiger partial charge in [0.05, 0.1) is 11.1 Å². The van der Waals surface area contributed by atoms with Gasteiger partial charge in [-0.05, 0) is 35.1 Å².